The van der Waals surface area contributed by atoms with E-state index in [1.165, 1.54) is 0 Å². The van der Waals surface area contributed by atoms with Crippen LogP contribution in [0.4, 0.5) is 10.5 Å². The molecule has 0 unspecified atom stereocenters. The standard InChI is InChI=1S/C19H22N2O3/c1-21-10-9-14(12-21)13-24-19(23)20-18-8-3-2-7-17(18)15-5-4-6-16(22)11-15/h2-8,11,14,22H,9-10,12-13H2,1H3,(H,20,23)/t14-/m1/s1. The first-order chi connectivity index (χ1) is 11.6. The Morgan fingerprint density at radius 1 is 1.29 bits per heavy atom. The van der Waals surface area contributed by atoms with Gasteiger partial charge in [0.2, 0.25) is 0 Å². The van der Waals surface area contributed by atoms with Gasteiger partial charge in [-0.05, 0) is 43.8 Å². The fraction of sp³-hybridized carbons (Fsp3) is 0.316. The highest BCUT2D eigenvalue weighted by Gasteiger charge is 2.21. The van der Waals surface area contributed by atoms with E-state index in [1.807, 2.05) is 30.3 Å². The molecule has 0 spiro atoms. The lowest BCUT2D eigenvalue weighted by Gasteiger charge is -2.14. The van der Waals surface area contributed by atoms with Crippen molar-refractivity contribution in [3.63, 3.8) is 0 Å². The van der Waals surface area contributed by atoms with E-state index in [0.717, 1.165) is 30.6 Å². The van der Waals surface area contributed by atoms with Gasteiger partial charge in [-0.25, -0.2) is 4.79 Å². The number of benzene rings is 2. The van der Waals surface area contributed by atoms with Crippen LogP contribution >= 0.6 is 0 Å². The zero-order valence-corrected chi connectivity index (χ0v) is 13.7. The van der Waals surface area contributed by atoms with Crippen molar-refractivity contribution in [2.45, 2.75) is 6.42 Å². The summed E-state index contributed by atoms with van der Waals surface area (Å²) < 4.78 is 5.37. The van der Waals surface area contributed by atoms with Gasteiger partial charge in [-0.2, -0.15) is 0 Å². The van der Waals surface area contributed by atoms with Crippen LogP contribution in [0.1, 0.15) is 6.42 Å². The van der Waals surface area contributed by atoms with Gasteiger partial charge in [0.1, 0.15) is 5.75 Å². The van der Waals surface area contributed by atoms with E-state index >= 15 is 0 Å². The molecule has 1 atom stereocenters. The number of carbonyl (C=O) groups excluding carboxylic acids is 1. The Hall–Kier alpha value is -2.53. The van der Waals surface area contributed by atoms with Gasteiger partial charge in [-0.1, -0.05) is 30.3 Å². The van der Waals surface area contributed by atoms with Crippen LogP contribution in [0.2, 0.25) is 0 Å². The lowest BCUT2D eigenvalue weighted by atomic mass is 10.0. The number of rotatable bonds is 4. The minimum Gasteiger partial charge on any atom is -0.508 e. The van der Waals surface area contributed by atoms with E-state index in [0.29, 0.717) is 18.2 Å². The third-order valence-corrected chi connectivity index (χ3v) is 4.26. The number of hydrogen-bond donors (Lipinski definition) is 2. The normalized spacial score (nSPS) is 17.6. The first kappa shape index (κ1) is 16.3. The predicted molar refractivity (Wildman–Crippen MR) is 94.1 cm³/mol. The summed E-state index contributed by atoms with van der Waals surface area (Å²) in [5, 5.41) is 12.5. The third-order valence-electron chi connectivity index (χ3n) is 4.26. The van der Waals surface area contributed by atoms with Crippen molar-refractivity contribution >= 4 is 11.8 Å². The summed E-state index contributed by atoms with van der Waals surface area (Å²) in [6.07, 6.45) is 0.612. The second kappa shape index (κ2) is 7.36. The van der Waals surface area contributed by atoms with Gasteiger partial charge in [-0.3, -0.25) is 5.32 Å². The fourth-order valence-corrected chi connectivity index (χ4v) is 3.02. The Labute approximate surface area is 141 Å². The Morgan fingerprint density at radius 2 is 2.12 bits per heavy atom. The number of amides is 1. The molecule has 1 heterocycles. The number of para-hydroxylation sites is 1. The van der Waals surface area contributed by atoms with Gasteiger partial charge in [-0.15, -0.1) is 0 Å². The molecule has 0 aliphatic carbocycles. The van der Waals surface area contributed by atoms with Crippen LogP contribution < -0.4 is 5.32 Å². The molecule has 2 aromatic carbocycles. The zero-order chi connectivity index (χ0) is 16.9. The second-order valence-corrected chi connectivity index (χ2v) is 6.24. The van der Waals surface area contributed by atoms with E-state index in [-0.39, 0.29) is 5.75 Å². The number of nitrogens with one attached hydrogen (secondary N) is 1. The van der Waals surface area contributed by atoms with Crippen molar-refractivity contribution in [3.8, 4) is 16.9 Å². The molecule has 0 bridgehead atoms. The predicted octanol–water partition coefficient (Wildman–Crippen LogP) is 3.56. The zero-order valence-electron chi connectivity index (χ0n) is 13.7. The highest BCUT2D eigenvalue weighted by molar-refractivity contribution is 5.91. The van der Waals surface area contributed by atoms with Crippen LogP contribution in [0.3, 0.4) is 0 Å². The maximum absolute atomic E-state index is 12.1. The second-order valence-electron chi connectivity index (χ2n) is 6.24. The Bertz CT molecular complexity index is 717. The number of hydrogen-bond acceptors (Lipinski definition) is 4. The molecule has 2 aromatic rings. The maximum atomic E-state index is 12.1. The summed E-state index contributed by atoms with van der Waals surface area (Å²) in [5.41, 5.74) is 2.34. The molecular formula is C19H22N2O3. The number of ether oxygens (including phenoxy) is 1. The summed E-state index contributed by atoms with van der Waals surface area (Å²) in [6.45, 7) is 2.45. The number of aromatic hydroxyl groups is 1. The average Bonchev–Trinajstić information content (AvgIpc) is 2.99. The van der Waals surface area contributed by atoms with Gasteiger partial charge in [0.05, 0.1) is 12.3 Å². The minimum atomic E-state index is -0.447. The number of carbonyl (C=O) groups is 1. The largest absolute Gasteiger partial charge is 0.508 e. The number of nitrogens with zero attached hydrogens (tertiary/aromatic N) is 1. The molecule has 5 nitrogen and oxygen atoms in total. The van der Waals surface area contributed by atoms with E-state index in [2.05, 4.69) is 17.3 Å². The van der Waals surface area contributed by atoms with Crippen LogP contribution in [0.5, 0.6) is 5.75 Å². The summed E-state index contributed by atoms with van der Waals surface area (Å²) in [6, 6.07) is 14.4. The first-order valence-corrected chi connectivity index (χ1v) is 8.12. The van der Waals surface area contributed by atoms with Crippen molar-refractivity contribution in [2.75, 3.05) is 32.1 Å². The molecule has 1 aliphatic rings. The van der Waals surface area contributed by atoms with E-state index in [9.17, 15) is 9.90 Å². The molecule has 24 heavy (non-hydrogen) atoms. The van der Waals surface area contributed by atoms with Crippen LogP contribution in [0.15, 0.2) is 48.5 Å². The van der Waals surface area contributed by atoms with Crippen LogP contribution in [0.25, 0.3) is 11.1 Å². The van der Waals surface area contributed by atoms with Gasteiger partial charge in [0.25, 0.3) is 0 Å². The molecule has 3 rings (SSSR count). The number of phenolic OH excluding ortho intramolecular Hbond substituents is 1. The van der Waals surface area contributed by atoms with Crippen molar-refractivity contribution in [1.29, 1.82) is 0 Å². The highest BCUT2D eigenvalue weighted by Crippen LogP contribution is 2.30. The van der Waals surface area contributed by atoms with Gasteiger partial charge < -0.3 is 14.7 Å². The summed E-state index contributed by atoms with van der Waals surface area (Å²) in [5.74, 6) is 0.595. The number of likely N-dealkylation sites (tertiary alicyclic amines) is 1. The summed E-state index contributed by atoms with van der Waals surface area (Å²) >= 11 is 0. The molecular weight excluding hydrogens is 304 g/mol. The van der Waals surface area contributed by atoms with Crippen molar-refractivity contribution in [3.05, 3.63) is 48.5 Å². The smallest absolute Gasteiger partial charge is 0.411 e. The molecule has 2 N–H and O–H groups in total. The lowest BCUT2D eigenvalue weighted by Crippen LogP contribution is -2.21. The SMILES string of the molecule is CN1CC[C@@H](COC(=O)Nc2ccccc2-c2cccc(O)c2)C1. The van der Waals surface area contributed by atoms with Crippen LogP contribution in [0, 0.1) is 5.92 Å². The Balaban J connectivity index is 1.65. The number of phenols is 1. The molecule has 126 valence electrons. The van der Waals surface area contributed by atoms with Crippen molar-refractivity contribution in [2.24, 2.45) is 5.92 Å². The Kier molecular flexibility index (Phi) is 5.01. The van der Waals surface area contributed by atoms with Gasteiger partial charge in [0, 0.05) is 18.0 Å². The summed E-state index contributed by atoms with van der Waals surface area (Å²) in [7, 11) is 2.07. The van der Waals surface area contributed by atoms with E-state index in [1.54, 1.807) is 18.2 Å². The third kappa shape index (κ3) is 4.06. The lowest BCUT2D eigenvalue weighted by molar-refractivity contribution is 0.142. The first-order valence-electron chi connectivity index (χ1n) is 8.12. The van der Waals surface area contributed by atoms with Gasteiger partial charge >= 0.3 is 6.09 Å². The van der Waals surface area contributed by atoms with Crippen LogP contribution in [-0.2, 0) is 4.74 Å². The van der Waals surface area contributed by atoms with Crippen molar-refractivity contribution in [1.82, 2.24) is 4.90 Å². The number of anilines is 1. The van der Waals surface area contributed by atoms with Gasteiger partial charge in [0.15, 0.2) is 0 Å². The molecule has 0 aromatic heterocycles. The molecule has 0 saturated carbocycles. The minimum absolute atomic E-state index is 0.190. The monoisotopic (exact) mass is 326 g/mol. The summed E-state index contributed by atoms with van der Waals surface area (Å²) in [4.78, 5) is 14.3. The Morgan fingerprint density at radius 3 is 2.88 bits per heavy atom. The molecule has 1 aliphatic heterocycles. The maximum Gasteiger partial charge on any atom is 0.411 e. The quantitative estimate of drug-likeness (QED) is 0.902. The topological polar surface area (TPSA) is 61.8 Å². The molecule has 5 heteroatoms. The van der Waals surface area contributed by atoms with Crippen molar-refractivity contribution < 1.29 is 14.6 Å². The molecule has 1 saturated heterocycles. The average molecular weight is 326 g/mol. The van der Waals surface area contributed by atoms with E-state index in [4.69, 9.17) is 4.74 Å². The fourth-order valence-electron chi connectivity index (χ4n) is 3.02. The molecule has 1 fully saturated rings. The van der Waals surface area contributed by atoms with E-state index < -0.39 is 6.09 Å². The molecule has 0 radical (unpaired) electrons. The highest BCUT2D eigenvalue weighted by atomic mass is 16.5. The van der Waals surface area contributed by atoms with Crippen LogP contribution in [-0.4, -0.2) is 42.8 Å². The molecule has 1 amide bonds.